The van der Waals surface area contributed by atoms with Crippen molar-refractivity contribution < 1.29 is 47.0 Å². The minimum Gasteiger partial charge on any atom is -0.368 e. The summed E-state index contributed by atoms with van der Waals surface area (Å²) in [6.45, 7) is 0. The molecule has 17 nitrogen and oxygen atoms in total. The molecule has 38 heavy (non-hydrogen) atoms. The second kappa shape index (κ2) is 11.7. The van der Waals surface area contributed by atoms with Gasteiger partial charge < -0.3 is 11.1 Å². The Kier molecular flexibility index (Phi) is 9.41. The number of hydrogen-bond acceptors (Lipinski definition) is 14. The van der Waals surface area contributed by atoms with Crippen molar-refractivity contribution in [3.8, 4) is 0 Å². The highest BCUT2D eigenvalue weighted by atomic mass is 32.2. The number of nitrogens with zero attached hydrogens (tertiary/aromatic N) is 3. The third kappa shape index (κ3) is 9.95. The van der Waals surface area contributed by atoms with Crippen LogP contribution >= 0.6 is 0 Å². The smallest absolute Gasteiger partial charge is 0.368 e. The molecule has 0 amide bonds. The summed E-state index contributed by atoms with van der Waals surface area (Å²) in [7, 11) is -15.9. The number of rotatable bonds is 8. The maximum absolute atomic E-state index is 11.8. The molecule has 206 valence electrons. The van der Waals surface area contributed by atoms with Gasteiger partial charge in [0, 0.05) is 17.8 Å². The van der Waals surface area contributed by atoms with E-state index in [1.165, 1.54) is 24.3 Å². The van der Waals surface area contributed by atoms with Gasteiger partial charge in [-0.05, 0) is 42.0 Å². The van der Waals surface area contributed by atoms with E-state index < -0.39 is 45.8 Å². The van der Waals surface area contributed by atoms with Gasteiger partial charge in [0.2, 0.25) is 21.9 Å². The Labute approximate surface area is 217 Å². The lowest BCUT2D eigenvalue weighted by Crippen LogP contribution is -2.12. The first-order chi connectivity index (χ1) is 17.3. The van der Waals surface area contributed by atoms with Gasteiger partial charge in [0.1, 0.15) is 5.82 Å². The van der Waals surface area contributed by atoms with Crippen LogP contribution in [0, 0.1) is 0 Å². The van der Waals surface area contributed by atoms with E-state index in [0.29, 0.717) is 0 Å². The van der Waals surface area contributed by atoms with Crippen molar-refractivity contribution in [1.82, 2.24) is 15.0 Å². The lowest BCUT2D eigenvalue weighted by Gasteiger charge is -2.12. The summed E-state index contributed by atoms with van der Waals surface area (Å²) in [6.07, 6.45) is 0.603. The van der Waals surface area contributed by atoms with Gasteiger partial charge >= 0.3 is 10.6 Å². The van der Waals surface area contributed by atoms with Gasteiger partial charge in [-0.2, -0.15) is 31.8 Å². The Morgan fingerprint density at radius 3 is 2.05 bits per heavy atom. The van der Waals surface area contributed by atoms with Crippen molar-refractivity contribution in [3.05, 3.63) is 53.9 Å². The molecule has 2 aromatic carbocycles. The summed E-state index contributed by atoms with van der Waals surface area (Å²) in [6, 6.07) is 8.47. The molecule has 0 saturated carbocycles. The third-order valence-corrected chi connectivity index (χ3v) is 6.49. The van der Waals surface area contributed by atoms with Crippen molar-refractivity contribution >= 4 is 64.1 Å². The van der Waals surface area contributed by atoms with Crippen LogP contribution in [0.1, 0.15) is 11.4 Å². The van der Waals surface area contributed by atoms with Crippen LogP contribution < -0.4 is 15.8 Å². The average molecular weight is 611 g/mol. The van der Waals surface area contributed by atoms with Crippen molar-refractivity contribution in [2.45, 2.75) is 16.2 Å². The van der Waals surface area contributed by atoms with E-state index in [9.17, 15) is 34.4 Å². The number of hydrogen-bond donors (Lipinski definition) is 5. The number of benzene rings is 2. The van der Waals surface area contributed by atoms with E-state index in [2.05, 4.69) is 25.0 Å². The van der Waals surface area contributed by atoms with Crippen LogP contribution in [0.5, 0.6) is 0 Å². The molecule has 0 saturated heterocycles. The monoisotopic (exact) mass is 610 g/mol. The third-order valence-electron chi connectivity index (χ3n) is 4.08. The molecule has 0 unspecified atom stereocenters. The molecule has 0 spiro atoms. The first kappa shape index (κ1) is 30.5. The Morgan fingerprint density at radius 2 is 1.50 bits per heavy atom. The van der Waals surface area contributed by atoms with Crippen LogP contribution in [-0.2, 0) is 47.3 Å². The Morgan fingerprint density at radius 1 is 0.868 bits per heavy atom. The molecule has 3 aromatic rings. The Hall–Kier alpha value is -3.76. The van der Waals surface area contributed by atoms with E-state index in [1.54, 1.807) is 0 Å². The normalized spacial score (nSPS) is 11.7. The van der Waals surface area contributed by atoms with Crippen LogP contribution in [0.25, 0.3) is 0 Å². The van der Waals surface area contributed by atoms with Crippen LogP contribution in [0.3, 0.4) is 0 Å². The molecule has 0 bridgehead atoms. The van der Waals surface area contributed by atoms with Gasteiger partial charge in [0.25, 0.3) is 20.2 Å². The van der Waals surface area contributed by atoms with Crippen molar-refractivity contribution in [1.29, 1.82) is 0 Å². The van der Waals surface area contributed by atoms with E-state index in [4.69, 9.17) is 18.4 Å². The fourth-order valence-corrected chi connectivity index (χ4v) is 4.64. The molecule has 1 aromatic heterocycles. The minimum absolute atomic E-state index is 0.0345. The zero-order valence-corrected chi connectivity index (χ0v) is 22.1. The predicted molar refractivity (Wildman–Crippen MR) is 131 cm³/mol. The molecule has 0 aliphatic carbocycles. The zero-order chi connectivity index (χ0) is 28.9. The van der Waals surface area contributed by atoms with Gasteiger partial charge in [-0.25, -0.2) is 8.42 Å². The number of sulfonamides is 1. The molecule has 3 rings (SSSR count). The highest BCUT2D eigenvalue weighted by Crippen LogP contribution is 2.24. The fraction of sp³-hybridized carbons (Fsp3) is 0.118. The second-order valence-corrected chi connectivity index (χ2v) is 12.1. The number of aromatic nitrogens is 3. The molecule has 0 aliphatic heterocycles. The van der Waals surface area contributed by atoms with E-state index >= 15 is 0 Å². The number of nitrogens with two attached hydrogens (primary N) is 1. The van der Waals surface area contributed by atoms with Crippen LogP contribution in [-0.4, -0.2) is 68.2 Å². The lowest BCUT2D eigenvalue weighted by molar-refractivity contribution is 0.480. The molecule has 0 aliphatic rings. The van der Waals surface area contributed by atoms with Gasteiger partial charge in [-0.3, -0.25) is 13.8 Å². The van der Waals surface area contributed by atoms with Crippen LogP contribution in [0.4, 0.5) is 23.3 Å². The van der Waals surface area contributed by atoms with Crippen molar-refractivity contribution in [2.24, 2.45) is 0 Å². The first-order valence-corrected chi connectivity index (χ1v) is 15.3. The number of nitrogens with one attached hydrogen (secondary N) is 2. The summed E-state index contributed by atoms with van der Waals surface area (Å²) in [4.78, 5) is 11.0. The molecule has 21 heteroatoms. The van der Waals surface area contributed by atoms with Gasteiger partial charge in [-0.15, -0.1) is 12.6 Å². The SMILES string of the molecule is CS(=O)(=O)Nc1ccc(S(=O)(=O)O)c(Cc2nc(N)nc(Nc3cccc(S(=O)(=O)O)c3)n2)c1.O=S(=O)=O. The molecule has 6 N–H and O–H groups in total. The Bertz CT molecular complexity index is 1790. The van der Waals surface area contributed by atoms with E-state index in [1.807, 2.05) is 0 Å². The van der Waals surface area contributed by atoms with Gasteiger partial charge in [0.15, 0.2) is 0 Å². The summed E-state index contributed by atoms with van der Waals surface area (Å²) in [5.41, 5.74) is 5.88. The average Bonchev–Trinajstić information content (AvgIpc) is 2.70. The van der Waals surface area contributed by atoms with Gasteiger partial charge in [-0.1, -0.05) is 6.07 Å². The fourth-order valence-electron chi connectivity index (χ4n) is 2.85. The molecular weight excluding hydrogens is 592 g/mol. The lowest BCUT2D eigenvalue weighted by atomic mass is 10.1. The second-order valence-electron chi connectivity index (χ2n) is 7.11. The van der Waals surface area contributed by atoms with Crippen molar-refractivity contribution in [3.63, 3.8) is 0 Å². The Balaban J connectivity index is 0.00000118. The highest BCUT2D eigenvalue weighted by Gasteiger charge is 2.19. The molecule has 0 radical (unpaired) electrons. The first-order valence-electron chi connectivity index (χ1n) is 9.53. The maximum atomic E-state index is 11.8. The summed E-state index contributed by atoms with van der Waals surface area (Å²) >= 11 is 0. The van der Waals surface area contributed by atoms with Crippen LogP contribution in [0.15, 0.2) is 52.3 Å². The number of nitrogen functional groups attached to an aromatic ring is 1. The molecular formula is C17H18N6O11S4. The largest absolute Gasteiger partial charge is 0.425 e. The molecule has 0 atom stereocenters. The predicted octanol–water partition coefficient (Wildman–Crippen LogP) is -0.351. The van der Waals surface area contributed by atoms with E-state index in [0.717, 1.165) is 24.5 Å². The zero-order valence-electron chi connectivity index (χ0n) is 18.9. The van der Waals surface area contributed by atoms with E-state index in [-0.39, 0.29) is 46.0 Å². The summed E-state index contributed by atoms with van der Waals surface area (Å²) in [5, 5.41) is 2.69. The molecule has 0 fully saturated rings. The maximum Gasteiger partial charge on any atom is 0.425 e. The van der Waals surface area contributed by atoms with Crippen LogP contribution in [0.2, 0.25) is 0 Å². The summed E-state index contributed by atoms with van der Waals surface area (Å²) < 4.78 is 116. The number of anilines is 4. The summed E-state index contributed by atoms with van der Waals surface area (Å²) in [5.74, 6) is -0.451. The molecule has 1 heterocycles. The van der Waals surface area contributed by atoms with Gasteiger partial charge in [0.05, 0.1) is 16.0 Å². The topological polar surface area (TPSA) is 283 Å². The quantitative estimate of drug-likeness (QED) is 0.204. The minimum atomic E-state index is -4.68. The standard InChI is InChI=1S/C17H18N6O8S3.O3S/c1-32(24,25)23-12-5-6-14(34(29,30)31)10(7-12)8-15-20-16(18)22-17(21-15)19-11-3-2-4-13(9-11)33(26,27)28;1-4(2)3/h2-7,9,23H,8H2,1H3,(H,26,27,28)(H,29,30,31)(H3,18,19,20,21,22);. The highest BCUT2D eigenvalue weighted by molar-refractivity contribution is 7.92. The van der Waals surface area contributed by atoms with Crippen molar-refractivity contribution in [2.75, 3.05) is 22.0 Å².